The highest BCUT2D eigenvalue weighted by Crippen LogP contribution is 2.21. The molecule has 0 aromatic carbocycles. The second-order valence-corrected chi connectivity index (χ2v) is 7.31. The normalized spacial score (nSPS) is 15.4. The molecule has 1 aliphatic heterocycles. The van der Waals surface area contributed by atoms with E-state index in [0.29, 0.717) is 30.6 Å². The van der Waals surface area contributed by atoms with E-state index in [2.05, 4.69) is 20.2 Å². The SMILES string of the molecule is CCOc1ccc(Cl)c(C(=O)N2CCN(Cc3csc(C)n3)CC2)n1. The molecule has 0 radical (unpaired) electrons. The summed E-state index contributed by atoms with van der Waals surface area (Å²) in [5, 5.41) is 3.53. The molecule has 1 aliphatic rings. The average molecular weight is 381 g/mol. The molecule has 0 saturated carbocycles. The molecular formula is C17H21ClN4O2S. The number of hydrogen-bond acceptors (Lipinski definition) is 6. The summed E-state index contributed by atoms with van der Waals surface area (Å²) in [5.74, 6) is 0.281. The number of nitrogens with zero attached hydrogens (tertiary/aromatic N) is 4. The number of aryl methyl sites for hydroxylation is 1. The summed E-state index contributed by atoms with van der Waals surface area (Å²) >= 11 is 7.83. The molecule has 134 valence electrons. The summed E-state index contributed by atoms with van der Waals surface area (Å²) in [6.07, 6.45) is 0. The van der Waals surface area contributed by atoms with E-state index in [1.807, 2.05) is 13.8 Å². The van der Waals surface area contributed by atoms with Crippen molar-refractivity contribution >= 4 is 28.8 Å². The van der Waals surface area contributed by atoms with Crippen LogP contribution in [0.2, 0.25) is 5.02 Å². The summed E-state index contributed by atoms with van der Waals surface area (Å²) in [7, 11) is 0. The van der Waals surface area contributed by atoms with Gasteiger partial charge in [-0.3, -0.25) is 9.69 Å². The summed E-state index contributed by atoms with van der Waals surface area (Å²) in [6, 6.07) is 3.34. The van der Waals surface area contributed by atoms with Crippen molar-refractivity contribution in [2.45, 2.75) is 20.4 Å². The molecule has 0 spiro atoms. The van der Waals surface area contributed by atoms with E-state index in [0.717, 1.165) is 30.3 Å². The zero-order chi connectivity index (χ0) is 17.8. The number of ether oxygens (including phenoxy) is 1. The number of thiazole rings is 1. The molecule has 0 N–H and O–H groups in total. The molecule has 3 heterocycles. The largest absolute Gasteiger partial charge is 0.478 e. The number of halogens is 1. The van der Waals surface area contributed by atoms with Crippen molar-refractivity contribution in [3.05, 3.63) is 38.9 Å². The van der Waals surface area contributed by atoms with Crippen LogP contribution in [0.5, 0.6) is 5.88 Å². The standard InChI is InChI=1S/C17H21ClN4O2S/c1-3-24-15-5-4-14(18)16(20-15)17(23)22-8-6-21(7-9-22)10-13-11-25-12(2)19-13/h4-5,11H,3,6-10H2,1-2H3. The zero-order valence-corrected chi connectivity index (χ0v) is 15.9. The van der Waals surface area contributed by atoms with Crippen LogP contribution in [0.1, 0.15) is 28.1 Å². The monoisotopic (exact) mass is 380 g/mol. The van der Waals surface area contributed by atoms with E-state index in [-0.39, 0.29) is 11.6 Å². The van der Waals surface area contributed by atoms with Crippen molar-refractivity contribution in [3.63, 3.8) is 0 Å². The molecule has 0 bridgehead atoms. The van der Waals surface area contributed by atoms with Crippen molar-refractivity contribution in [3.8, 4) is 5.88 Å². The number of hydrogen-bond donors (Lipinski definition) is 0. The third-order valence-corrected chi connectivity index (χ3v) is 5.15. The number of rotatable bonds is 5. The quantitative estimate of drug-likeness (QED) is 0.798. The van der Waals surface area contributed by atoms with Gasteiger partial charge in [-0.1, -0.05) is 11.6 Å². The molecule has 0 atom stereocenters. The Labute approximate surface area is 156 Å². The third kappa shape index (κ3) is 4.48. The number of amides is 1. The highest BCUT2D eigenvalue weighted by atomic mass is 35.5. The maximum atomic E-state index is 12.7. The van der Waals surface area contributed by atoms with E-state index in [1.54, 1.807) is 28.4 Å². The molecule has 0 aliphatic carbocycles. The fraction of sp³-hybridized carbons (Fsp3) is 0.471. The van der Waals surface area contributed by atoms with Crippen molar-refractivity contribution in [2.24, 2.45) is 0 Å². The molecule has 1 fully saturated rings. The third-order valence-electron chi connectivity index (χ3n) is 4.03. The van der Waals surface area contributed by atoms with Crippen molar-refractivity contribution in [1.82, 2.24) is 19.8 Å². The van der Waals surface area contributed by atoms with Crippen molar-refractivity contribution in [1.29, 1.82) is 0 Å². The smallest absolute Gasteiger partial charge is 0.274 e. The van der Waals surface area contributed by atoms with Crippen LogP contribution in [0.3, 0.4) is 0 Å². The summed E-state index contributed by atoms with van der Waals surface area (Å²) in [6.45, 7) is 8.13. The number of pyridine rings is 1. The number of aromatic nitrogens is 2. The van der Waals surface area contributed by atoms with Crippen LogP contribution >= 0.6 is 22.9 Å². The lowest BCUT2D eigenvalue weighted by atomic mass is 10.2. The lowest BCUT2D eigenvalue weighted by Gasteiger charge is -2.34. The van der Waals surface area contributed by atoms with Gasteiger partial charge < -0.3 is 9.64 Å². The number of carbonyl (C=O) groups is 1. The van der Waals surface area contributed by atoms with E-state index in [9.17, 15) is 4.79 Å². The first-order valence-corrected chi connectivity index (χ1v) is 9.54. The van der Waals surface area contributed by atoms with E-state index in [4.69, 9.17) is 16.3 Å². The minimum absolute atomic E-state index is 0.143. The Kier molecular flexibility index (Phi) is 5.88. The van der Waals surface area contributed by atoms with Gasteiger partial charge in [0.05, 0.1) is 22.3 Å². The average Bonchev–Trinajstić information content (AvgIpc) is 3.02. The van der Waals surface area contributed by atoms with Crippen LogP contribution in [0.25, 0.3) is 0 Å². The van der Waals surface area contributed by atoms with E-state index >= 15 is 0 Å². The predicted octanol–water partition coefficient (Wildman–Crippen LogP) is 2.86. The Morgan fingerprint density at radius 3 is 2.68 bits per heavy atom. The maximum Gasteiger partial charge on any atom is 0.274 e. The second-order valence-electron chi connectivity index (χ2n) is 5.84. The summed E-state index contributed by atoms with van der Waals surface area (Å²) in [4.78, 5) is 25.6. The van der Waals surface area contributed by atoms with E-state index < -0.39 is 0 Å². The Bertz CT molecular complexity index is 744. The Balaban J connectivity index is 1.60. The topological polar surface area (TPSA) is 58.6 Å². The van der Waals surface area contributed by atoms with Gasteiger partial charge in [0.2, 0.25) is 5.88 Å². The van der Waals surface area contributed by atoms with Gasteiger partial charge in [-0.25, -0.2) is 9.97 Å². The van der Waals surface area contributed by atoms with Gasteiger partial charge in [0.15, 0.2) is 5.69 Å². The molecule has 3 rings (SSSR count). The van der Waals surface area contributed by atoms with Gasteiger partial charge in [-0.05, 0) is 19.9 Å². The fourth-order valence-corrected chi connectivity index (χ4v) is 3.56. The summed E-state index contributed by atoms with van der Waals surface area (Å²) < 4.78 is 5.37. The Hall–Kier alpha value is -1.70. The van der Waals surface area contributed by atoms with Crippen LogP contribution in [0.4, 0.5) is 0 Å². The van der Waals surface area contributed by atoms with Gasteiger partial charge >= 0.3 is 0 Å². The molecule has 25 heavy (non-hydrogen) atoms. The first-order chi connectivity index (χ1) is 12.1. The Morgan fingerprint density at radius 2 is 2.04 bits per heavy atom. The van der Waals surface area contributed by atoms with Gasteiger partial charge in [-0.2, -0.15) is 0 Å². The number of piperazine rings is 1. The fourth-order valence-electron chi connectivity index (χ4n) is 2.77. The van der Waals surface area contributed by atoms with Crippen LogP contribution in [-0.4, -0.2) is 58.5 Å². The molecule has 1 saturated heterocycles. The van der Waals surface area contributed by atoms with Gasteiger partial charge in [0.1, 0.15) is 0 Å². The van der Waals surface area contributed by atoms with Crippen LogP contribution in [-0.2, 0) is 6.54 Å². The zero-order valence-electron chi connectivity index (χ0n) is 14.4. The van der Waals surface area contributed by atoms with Crippen LogP contribution in [0.15, 0.2) is 17.5 Å². The first kappa shape index (κ1) is 18.1. The maximum absolute atomic E-state index is 12.7. The molecule has 1 amide bonds. The molecule has 2 aromatic heterocycles. The van der Waals surface area contributed by atoms with Crippen molar-refractivity contribution < 1.29 is 9.53 Å². The predicted molar refractivity (Wildman–Crippen MR) is 98.4 cm³/mol. The molecular weight excluding hydrogens is 360 g/mol. The highest BCUT2D eigenvalue weighted by Gasteiger charge is 2.25. The minimum Gasteiger partial charge on any atom is -0.478 e. The molecule has 6 nitrogen and oxygen atoms in total. The summed E-state index contributed by atoms with van der Waals surface area (Å²) in [5.41, 5.74) is 1.35. The van der Waals surface area contributed by atoms with Gasteiger partial charge in [0.25, 0.3) is 5.91 Å². The van der Waals surface area contributed by atoms with Crippen LogP contribution in [0, 0.1) is 6.92 Å². The van der Waals surface area contributed by atoms with E-state index in [1.165, 1.54) is 0 Å². The molecule has 0 unspecified atom stereocenters. The molecule has 8 heteroatoms. The lowest BCUT2D eigenvalue weighted by molar-refractivity contribution is 0.0620. The van der Waals surface area contributed by atoms with Crippen molar-refractivity contribution in [2.75, 3.05) is 32.8 Å². The van der Waals surface area contributed by atoms with Gasteiger partial charge in [0, 0.05) is 44.2 Å². The molecule has 2 aromatic rings. The van der Waals surface area contributed by atoms with Gasteiger partial charge in [-0.15, -0.1) is 11.3 Å². The lowest BCUT2D eigenvalue weighted by Crippen LogP contribution is -2.48. The first-order valence-electron chi connectivity index (χ1n) is 8.28. The Morgan fingerprint density at radius 1 is 1.28 bits per heavy atom. The number of carbonyl (C=O) groups excluding carboxylic acids is 1. The highest BCUT2D eigenvalue weighted by molar-refractivity contribution is 7.09. The second kappa shape index (κ2) is 8.12. The minimum atomic E-state index is -0.143. The van der Waals surface area contributed by atoms with Crippen LogP contribution < -0.4 is 4.74 Å².